The van der Waals surface area contributed by atoms with Crippen LogP contribution in [0.1, 0.15) is 29.4 Å². The summed E-state index contributed by atoms with van der Waals surface area (Å²) in [4.78, 5) is 11.9. The molecule has 1 saturated heterocycles. The summed E-state index contributed by atoms with van der Waals surface area (Å²) in [6.07, 6.45) is 2.16. The van der Waals surface area contributed by atoms with Gasteiger partial charge in [0.15, 0.2) is 9.84 Å². The van der Waals surface area contributed by atoms with Gasteiger partial charge in [-0.05, 0) is 38.0 Å². The van der Waals surface area contributed by atoms with Gasteiger partial charge in [0.2, 0.25) is 0 Å². The van der Waals surface area contributed by atoms with Crippen LogP contribution in [0, 0.1) is 19.7 Å². The Balaban J connectivity index is 1.50. The average molecular weight is 486 g/mol. The van der Waals surface area contributed by atoms with E-state index < -0.39 is 9.84 Å². The fourth-order valence-electron chi connectivity index (χ4n) is 4.55. The smallest absolute Gasteiger partial charge is 0.152 e. The van der Waals surface area contributed by atoms with Gasteiger partial charge in [0.1, 0.15) is 22.8 Å². The number of aryl methyl sites for hydroxylation is 1. The Hall–Kier alpha value is -2.85. The predicted molar refractivity (Wildman–Crippen MR) is 129 cm³/mol. The van der Waals surface area contributed by atoms with Crippen molar-refractivity contribution in [2.24, 2.45) is 0 Å². The van der Waals surface area contributed by atoms with Crippen LogP contribution in [-0.4, -0.2) is 46.7 Å². The number of benzene rings is 1. The standard InChI is InChI=1S/C23H24FN5O2S2/c1-14-19(15(2)29(27-14)18-8-9-33(30,31)12-18)10-28(3)22-21-20(11-32-23(21)26-13-25-22)16-4-6-17(24)7-5-16/h4-7,11,13,18H,8-10,12H2,1-3H3. The van der Waals surface area contributed by atoms with Crippen LogP contribution in [0.4, 0.5) is 10.2 Å². The van der Waals surface area contributed by atoms with Crippen LogP contribution in [0.5, 0.6) is 0 Å². The molecule has 1 aliphatic rings. The maximum atomic E-state index is 13.5. The highest BCUT2D eigenvalue weighted by molar-refractivity contribution is 7.91. The van der Waals surface area contributed by atoms with Crippen LogP contribution in [0.2, 0.25) is 0 Å². The Bertz CT molecular complexity index is 1440. The van der Waals surface area contributed by atoms with Crippen molar-refractivity contribution < 1.29 is 12.8 Å². The van der Waals surface area contributed by atoms with Gasteiger partial charge < -0.3 is 4.90 Å². The molecule has 0 N–H and O–H groups in total. The van der Waals surface area contributed by atoms with Crippen molar-refractivity contribution in [1.29, 1.82) is 0 Å². The highest BCUT2D eigenvalue weighted by Gasteiger charge is 2.31. The number of sulfone groups is 1. The maximum Gasteiger partial charge on any atom is 0.152 e. The molecular formula is C23H24FN5O2S2. The number of anilines is 1. The SMILES string of the molecule is Cc1nn(C2CCS(=O)(=O)C2)c(C)c1CN(C)c1ncnc2scc(-c3ccc(F)cc3)c12. The average Bonchev–Trinajstić information content (AvgIpc) is 3.45. The van der Waals surface area contributed by atoms with Gasteiger partial charge in [-0.15, -0.1) is 11.3 Å². The summed E-state index contributed by atoms with van der Waals surface area (Å²) in [5, 5.41) is 7.65. The quantitative estimate of drug-likeness (QED) is 0.419. The third-order valence-electron chi connectivity index (χ3n) is 6.29. The lowest BCUT2D eigenvalue weighted by Gasteiger charge is -2.20. The molecule has 4 aromatic rings. The Labute approximate surface area is 195 Å². The Morgan fingerprint density at radius 2 is 1.97 bits per heavy atom. The number of hydrogen-bond donors (Lipinski definition) is 0. The van der Waals surface area contributed by atoms with E-state index in [0.717, 1.165) is 44.1 Å². The zero-order valence-electron chi connectivity index (χ0n) is 18.6. The van der Waals surface area contributed by atoms with E-state index in [1.165, 1.54) is 23.5 Å². The van der Waals surface area contributed by atoms with Crippen LogP contribution < -0.4 is 4.90 Å². The lowest BCUT2D eigenvalue weighted by Crippen LogP contribution is -2.19. The summed E-state index contributed by atoms with van der Waals surface area (Å²) in [5.41, 5.74) is 4.81. The van der Waals surface area contributed by atoms with Gasteiger partial charge in [-0.3, -0.25) is 4.68 Å². The van der Waals surface area contributed by atoms with Crippen molar-refractivity contribution in [2.75, 3.05) is 23.5 Å². The highest BCUT2D eigenvalue weighted by atomic mass is 32.2. The lowest BCUT2D eigenvalue weighted by atomic mass is 10.1. The van der Waals surface area contributed by atoms with Crippen LogP contribution >= 0.6 is 11.3 Å². The van der Waals surface area contributed by atoms with Gasteiger partial charge in [0.25, 0.3) is 0 Å². The molecule has 1 fully saturated rings. The third kappa shape index (κ3) is 4.02. The Kier molecular flexibility index (Phi) is 5.44. The molecule has 1 atom stereocenters. The normalized spacial score (nSPS) is 17.6. The van der Waals surface area contributed by atoms with E-state index in [2.05, 4.69) is 20.0 Å². The van der Waals surface area contributed by atoms with Gasteiger partial charge in [0.05, 0.1) is 28.6 Å². The van der Waals surface area contributed by atoms with Crippen molar-refractivity contribution in [3.05, 3.63) is 58.7 Å². The summed E-state index contributed by atoms with van der Waals surface area (Å²) in [6.45, 7) is 4.53. The van der Waals surface area contributed by atoms with E-state index in [1.807, 2.05) is 31.0 Å². The number of aromatic nitrogens is 4. The molecule has 4 heterocycles. The first-order chi connectivity index (χ1) is 15.7. The second-order valence-electron chi connectivity index (χ2n) is 8.54. The van der Waals surface area contributed by atoms with Crippen molar-refractivity contribution in [3.8, 4) is 11.1 Å². The van der Waals surface area contributed by atoms with E-state index in [1.54, 1.807) is 18.5 Å². The summed E-state index contributed by atoms with van der Waals surface area (Å²) in [5.74, 6) is 0.877. The molecule has 33 heavy (non-hydrogen) atoms. The first kappa shape index (κ1) is 22.0. The largest absolute Gasteiger partial charge is 0.355 e. The van der Waals surface area contributed by atoms with Crippen molar-refractivity contribution in [2.45, 2.75) is 32.9 Å². The zero-order valence-corrected chi connectivity index (χ0v) is 20.2. The lowest BCUT2D eigenvalue weighted by molar-refractivity contribution is 0.485. The molecule has 0 bridgehead atoms. The first-order valence-electron chi connectivity index (χ1n) is 10.7. The molecule has 10 heteroatoms. The minimum atomic E-state index is -2.99. The molecule has 0 amide bonds. The van der Waals surface area contributed by atoms with E-state index >= 15 is 0 Å². The van der Waals surface area contributed by atoms with Crippen LogP contribution in [0.25, 0.3) is 21.3 Å². The molecule has 0 spiro atoms. The fourth-order valence-corrected chi connectivity index (χ4v) is 7.15. The van der Waals surface area contributed by atoms with Gasteiger partial charge in [-0.1, -0.05) is 12.1 Å². The number of fused-ring (bicyclic) bond motifs is 1. The molecule has 7 nitrogen and oxygen atoms in total. The molecular weight excluding hydrogens is 461 g/mol. The molecule has 5 rings (SSSR count). The minimum absolute atomic E-state index is 0.111. The number of halogens is 1. The van der Waals surface area contributed by atoms with E-state index in [0.29, 0.717) is 13.0 Å². The Morgan fingerprint density at radius 1 is 1.21 bits per heavy atom. The van der Waals surface area contributed by atoms with Crippen LogP contribution in [0.15, 0.2) is 36.0 Å². The second kappa shape index (κ2) is 8.18. The minimum Gasteiger partial charge on any atom is -0.355 e. The van der Waals surface area contributed by atoms with Crippen molar-refractivity contribution in [1.82, 2.24) is 19.7 Å². The summed E-state index contributed by atoms with van der Waals surface area (Å²) < 4.78 is 39.3. The van der Waals surface area contributed by atoms with Crippen LogP contribution in [0.3, 0.4) is 0 Å². The summed E-state index contributed by atoms with van der Waals surface area (Å²) >= 11 is 1.53. The molecule has 0 aliphatic carbocycles. The molecule has 1 aliphatic heterocycles. The van der Waals surface area contributed by atoms with E-state index in [4.69, 9.17) is 0 Å². The predicted octanol–water partition coefficient (Wildman–Crippen LogP) is 4.31. The first-order valence-corrected chi connectivity index (χ1v) is 13.4. The number of rotatable bonds is 5. The number of thiophene rings is 1. The van der Waals surface area contributed by atoms with Gasteiger partial charge in [0, 0.05) is 35.8 Å². The number of hydrogen-bond acceptors (Lipinski definition) is 7. The van der Waals surface area contributed by atoms with Crippen LogP contribution in [-0.2, 0) is 16.4 Å². The third-order valence-corrected chi connectivity index (χ3v) is 8.93. The van der Waals surface area contributed by atoms with Gasteiger partial charge in [-0.25, -0.2) is 22.8 Å². The molecule has 1 aromatic carbocycles. The van der Waals surface area contributed by atoms with Crippen molar-refractivity contribution >= 4 is 37.2 Å². The highest BCUT2D eigenvalue weighted by Crippen LogP contribution is 2.38. The zero-order chi connectivity index (χ0) is 23.3. The molecule has 0 radical (unpaired) electrons. The Morgan fingerprint density at radius 3 is 2.67 bits per heavy atom. The fraction of sp³-hybridized carbons (Fsp3) is 0.348. The topological polar surface area (TPSA) is 81.0 Å². The molecule has 3 aromatic heterocycles. The van der Waals surface area contributed by atoms with Crippen molar-refractivity contribution in [3.63, 3.8) is 0 Å². The van der Waals surface area contributed by atoms with Gasteiger partial charge in [-0.2, -0.15) is 5.10 Å². The molecule has 0 saturated carbocycles. The number of nitrogens with zero attached hydrogens (tertiary/aromatic N) is 5. The maximum absolute atomic E-state index is 13.5. The molecule has 1 unspecified atom stereocenters. The van der Waals surface area contributed by atoms with E-state index in [9.17, 15) is 12.8 Å². The summed E-state index contributed by atoms with van der Waals surface area (Å²) in [7, 11) is -1.02. The monoisotopic (exact) mass is 485 g/mol. The summed E-state index contributed by atoms with van der Waals surface area (Å²) in [6, 6.07) is 6.33. The molecule has 172 valence electrons. The second-order valence-corrected chi connectivity index (χ2v) is 11.6. The van der Waals surface area contributed by atoms with Gasteiger partial charge >= 0.3 is 0 Å². The van der Waals surface area contributed by atoms with E-state index in [-0.39, 0.29) is 23.4 Å².